The summed E-state index contributed by atoms with van der Waals surface area (Å²) in [6.07, 6.45) is 7.83. The molecule has 0 aromatic rings. The maximum Gasteiger partial charge on any atom is 0.0499 e. The van der Waals surface area contributed by atoms with Crippen LogP contribution in [0.15, 0.2) is 0 Å². The molecule has 3 nitrogen and oxygen atoms in total. The van der Waals surface area contributed by atoms with Crippen LogP contribution in [0.3, 0.4) is 0 Å². The number of aliphatic hydroxyl groups is 1. The van der Waals surface area contributed by atoms with Crippen LogP contribution in [-0.2, 0) is 0 Å². The third-order valence-electron chi connectivity index (χ3n) is 4.97. The molecule has 3 heteroatoms. The number of aliphatic hydroxyl groups excluding tert-OH is 1. The number of piperazine rings is 1. The third kappa shape index (κ3) is 3.69. The Morgan fingerprint density at radius 2 is 1.44 bits per heavy atom. The molecule has 0 radical (unpaired) electrons. The molecule has 1 saturated carbocycles. The molecule has 0 spiro atoms. The van der Waals surface area contributed by atoms with Crippen molar-refractivity contribution in [3.05, 3.63) is 0 Å². The van der Waals surface area contributed by atoms with Crippen molar-refractivity contribution < 1.29 is 5.11 Å². The fourth-order valence-electron chi connectivity index (χ4n) is 3.58. The Hall–Kier alpha value is -0.120. The molecule has 18 heavy (non-hydrogen) atoms. The lowest BCUT2D eigenvalue weighted by molar-refractivity contribution is 0.0369. The van der Waals surface area contributed by atoms with E-state index in [0.717, 1.165) is 6.54 Å². The van der Waals surface area contributed by atoms with Gasteiger partial charge in [-0.2, -0.15) is 0 Å². The van der Waals surface area contributed by atoms with Gasteiger partial charge >= 0.3 is 0 Å². The van der Waals surface area contributed by atoms with Gasteiger partial charge in [0.1, 0.15) is 0 Å². The molecular weight excluding hydrogens is 224 g/mol. The standard InChI is InChI=1S/C15H30N2O/c1-2-16-9-11-17(12-10-16)13-15(14-18)7-5-3-4-6-8-15/h18H,2-14H2,1H3. The smallest absolute Gasteiger partial charge is 0.0499 e. The van der Waals surface area contributed by atoms with Crippen LogP contribution in [0.4, 0.5) is 0 Å². The highest BCUT2D eigenvalue weighted by Gasteiger charge is 2.33. The first kappa shape index (κ1) is 14.3. The Labute approximate surface area is 112 Å². The van der Waals surface area contributed by atoms with Gasteiger partial charge in [0, 0.05) is 44.7 Å². The topological polar surface area (TPSA) is 26.7 Å². The van der Waals surface area contributed by atoms with E-state index in [2.05, 4.69) is 16.7 Å². The predicted molar refractivity (Wildman–Crippen MR) is 75.8 cm³/mol. The van der Waals surface area contributed by atoms with E-state index in [-0.39, 0.29) is 5.41 Å². The first-order valence-corrected chi connectivity index (χ1v) is 7.83. The lowest BCUT2D eigenvalue weighted by Crippen LogP contribution is -2.50. The van der Waals surface area contributed by atoms with Crippen LogP contribution >= 0.6 is 0 Å². The molecule has 0 amide bonds. The van der Waals surface area contributed by atoms with Crippen LogP contribution in [0, 0.1) is 5.41 Å². The monoisotopic (exact) mass is 254 g/mol. The van der Waals surface area contributed by atoms with E-state index in [4.69, 9.17) is 0 Å². The van der Waals surface area contributed by atoms with Gasteiger partial charge in [-0.3, -0.25) is 0 Å². The lowest BCUT2D eigenvalue weighted by Gasteiger charge is -2.40. The van der Waals surface area contributed by atoms with E-state index >= 15 is 0 Å². The van der Waals surface area contributed by atoms with E-state index in [9.17, 15) is 5.11 Å². The fourth-order valence-corrected chi connectivity index (χ4v) is 3.58. The Balaban J connectivity index is 1.85. The largest absolute Gasteiger partial charge is 0.396 e. The van der Waals surface area contributed by atoms with Crippen LogP contribution < -0.4 is 0 Å². The van der Waals surface area contributed by atoms with Gasteiger partial charge < -0.3 is 14.9 Å². The Kier molecular flexibility index (Phi) is 5.46. The first-order valence-electron chi connectivity index (χ1n) is 7.83. The van der Waals surface area contributed by atoms with Crippen LogP contribution in [-0.4, -0.2) is 60.8 Å². The molecule has 0 aromatic heterocycles. The molecule has 2 rings (SSSR count). The van der Waals surface area contributed by atoms with Crippen molar-refractivity contribution in [1.29, 1.82) is 0 Å². The minimum absolute atomic E-state index is 0.213. The first-order chi connectivity index (χ1) is 8.78. The van der Waals surface area contributed by atoms with Crippen LogP contribution in [0.2, 0.25) is 0 Å². The SMILES string of the molecule is CCN1CCN(CC2(CO)CCCCCC2)CC1. The van der Waals surface area contributed by atoms with Gasteiger partial charge in [0.15, 0.2) is 0 Å². The highest BCUT2D eigenvalue weighted by atomic mass is 16.3. The number of likely N-dealkylation sites (N-methyl/N-ethyl adjacent to an activating group) is 1. The maximum absolute atomic E-state index is 9.86. The summed E-state index contributed by atoms with van der Waals surface area (Å²) < 4.78 is 0. The Morgan fingerprint density at radius 1 is 0.889 bits per heavy atom. The number of hydrogen-bond donors (Lipinski definition) is 1. The molecule has 1 aliphatic heterocycles. The average molecular weight is 254 g/mol. The number of hydrogen-bond acceptors (Lipinski definition) is 3. The fraction of sp³-hybridized carbons (Fsp3) is 1.00. The normalized spacial score (nSPS) is 27.0. The van der Waals surface area contributed by atoms with Gasteiger partial charge in [-0.05, 0) is 19.4 Å². The summed E-state index contributed by atoms with van der Waals surface area (Å²) in [5, 5.41) is 9.86. The minimum Gasteiger partial charge on any atom is -0.396 e. The highest BCUT2D eigenvalue weighted by molar-refractivity contribution is 4.86. The van der Waals surface area contributed by atoms with E-state index in [1.54, 1.807) is 0 Å². The lowest BCUT2D eigenvalue weighted by atomic mass is 9.80. The Morgan fingerprint density at radius 3 is 1.94 bits per heavy atom. The molecule has 1 heterocycles. The molecular formula is C15H30N2O. The predicted octanol–water partition coefficient (Wildman–Crippen LogP) is 1.96. The second-order valence-electron chi connectivity index (χ2n) is 6.28. The van der Waals surface area contributed by atoms with E-state index in [1.165, 1.54) is 71.2 Å². The van der Waals surface area contributed by atoms with Crippen molar-refractivity contribution in [2.75, 3.05) is 45.9 Å². The summed E-state index contributed by atoms with van der Waals surface area (Å²) in [6.45, 7) is 9.73. The molecule has 106 valence electrons. The second-order valence-corrected chi connectivity index (χ2v) is 6.28. The quantitative estimate of drug-likeness (QED) is 0.777. The van der Waals surface area contributed by atoms with Crippen molar-refractivity contribution in [3.8, 4) is 0 Å². The molecule has 2 aliphatic rings. The average Bonchev–Trinajstić information content (AvgIpc) is 2.66. The van der Waals surface area contributed by atoms with Gasteiger partial charge in [0.05, 0.1) is 0 Å². The summed E-state index contributed by atoms with van der Waals surface area (Å²) in [4.78, 5) is 5.11. The van der Waals surface area contributed by atoms with Crippen LogP contribution in [0.1, 0.15) is 45.4 Å². The third-order valence-corrected chi connectivity index (χ3v) is 4.97. The van der Waals surface area contributed by atoms with Crippen molar-refractivity contribution in [3.63, 3.8) is 0 Å². The molecule has 0 aromatic carbocycles. The minimum atomic E-state index is 0.213. The number of rotatable bonds is 4. The van der Waals surface area contributed by atoms with Crippen molar-refractivity contribution in [1.82, 2.24) is 9.80 Å². The van der Waals surface area contributed by atoms with Gasteiger partial charge in [0.25, 0.3) is 0 Å². The van der Waals surface area contributed by atoms with Crippen molar-refractivity contribution in [2.24, 2.45) is 5.41 Å². The maximum atomic E-state index is 9.86. The zero-order valence-electron chi connectivity index (χ0n) is 12.0. The summed E-state index contributed by atoms with van der Waals surface area (Å²) in [5.41, 5.74) is 0.213. The van der Waals surface area contributed by atoms with Gasteiger partial charge in [-0.25, -0.2) is 0 Å². The summed E-state index contributed by atoms with van der Waals surface area (Å²) in [6, 6.07) is 0. The van der Waals surface area contributed by atoms with Crippen LogP contribution in [0.25, 0.3) is 0 Å². The Bertz CT molecular complexity index is 229. The van der Waals surface area contributed by atoms with Gasteiger partial charge in [0.2, 0.25) is 0 Å². The molecule has 0 unspecified atom stereocenters. The van der Waals surface area contributed by atoms with Crippen molar-refractivity contribution >= 4 is 0 Å². The number of nitrogens with zero attached hydrogens (tertiary/aromatic N) is 2. The summed E-state index contributed by atoms with van der Waals surface area (Å²) in [7, 11) is 0. The van der Waals surface area contributed by atoms with E-state index < -0.39 is 0 Å². The van der Waals surface area contributed by atoms with Crippen LogP contribution in [0.5, 0.6) is 0 Å². The molecule has 0 bridgehead atoms. The zero-order valence-corrected chi connectivity index (χ0v) is 12.0. The summed E-state index contributed by atoms with van der Waals surface area (Å²) >= 11 is 0. The molecule has 0 atom stereocenters. The zero-order chi connectivity index (χ0) is 12.8. The molecule has 1 saturated heterocycles. The summed E-state index contributed by atoms with van der Waals surface area (Å²) in [5.74, 6) is 0. The van der Waals surface area contributed by atoms with E-state index in [1.807, 2.05) is 0 Å². The van der Waals surface area contributed by atoms with Gasteiger partial charge in [-0.15, -0.1) is 0 Å². The molecule has 1 aliphatic carbocycles. The second kappa shape index (κ2) is 6.88. The van der Waals surface area contributed by atoms with E-state index in [0.29, 0.717) is 6.61 Å². The molecule has 2 fully saturated rings. The highest BCUT2D eigenvalue weighted by Crippen LogP contribution is 2.35. The van der Waals surface area contributed by atoms with Crippen molar-refractivity contribution in [2.45, 2.75) is 45.4 Å². The molecule has 1 N–H and O–H groups in total. The van der Waals surface area contributed by atoms with Gasteiger partial charge in [-0.1, -0.05) is 32.6 Å².